The van der Waals surface area contributed by atoms with Crippen molar-refractivity contribution in [3.05, 3.63) is 47.8 Å². The molecule has 0 bridgehead atoms. The first-order valence-corrected chi connectivity index (χ1v) is 6.18. The maximum Gasteiger partial charge on any atom is 0.340 e. The number of carbonyl (C=O) groups is 2. The molecule has 0 aliphatic rings. The van der Waals surface area contributed by atoms with Gasteiger partial charge in [0.05, 0.1) is 29.6 Å². The van der Waals surface area contributed by atoms with Crippen molar-refractivity contribution in [2.24, 2.45) is 7.05 Å². The second kappa shape index (κ2) is 6.01. The molecule has 1 heterocycles. The summed E-state index contributed by atoms with van der Waals surface area (Å²) < 4.78 is 6.49. The fourth-order valence-electron chi connectivity index (χ4n) is 1.71. The average molecular weight is 273 g/mol. The molecule has 0 atom stereocenters. The second-order valence-corrected chi connectivity index (χ2v) is 4.12. The maximum atomic E-state index is 12.0. The lowest BCUT2D eigenvalue weighted by Gasteiger charge is -2.09. The van der Waals surface area contributed by atoms with E-state index in [-0.39, 0.29) is 12.5 Å². The van der Waals surface area contributed by atoms with Gasteiger partial charge in [0.25, 0.3) is 5.91 Å². The van der Waals surface area contributed by atoms with Crippen LogP contribution in [0.2, 0.25) is 0 Å². The number of nitrogens with zero attached hydrogens (tertiary/aromatic N) is 2. The number of aryl methyl sites for hydroxylation is 1. The van der Waals surface area contributed by atoms with E-state index in [0.717, 1.165) is 0 Å². The Balaban J connectivity index is 2.21. The number of aromatic nitrogens is 2. The number of amides is 1. The highest BCUT2D eigenvalue weighted by Gasteiger charge is 2.15. The standard InChI is InChI=1S/C14H15N3O3/c1-3-20-14(19)11-6-4-5-7-12(11)16-13(18)10-8-15-17(2)9-10/h4-9H,3H2,1-2H3,(H,16,18). The van der Waals surface area contributed by atoms with Gasteiger partial charge in [-0.25, -0.2) is 4.79 Å². The molecule has 0 fully saturated rings. The van der Waals surface area contributed by atoms with E-state index in [1.54, 1.807) is 44.4 Å². The van der Waals surface area contributed by atoms with E-state index in [1.165, 1.54) is 10.9 Å². The zero-order valence-corrected chi connectivity index (χ0v) is 11.3. The maximum absolute atomic E-state index is 12.0. The lowest BCUT2D eigenvalue weighted by molar-refractivity contribution is 0.0527. The molecular weight excluding hydrogens is 258 g/mol. The Hall–Kier alpha value is -2.63. The molecule has 2 aromatic rings. The van der Waals surface area contributed by atoms with Crippen molar-refractivity contribution in [1.29, 1.82) is 0 Å². The largest absolute Gasteiger partial charge is 0.462 e. The van der Waals surface area contributed by atoms with Crippen molar-refractivity contribution in [3.8, 4) is 0 Å². The summed E-state index contributed by atoms with van der Waals surface area (Å²) in [6.07, 6.45) is 3.06. The smallest absolute Gasteiger partial charge is 0.340 e. The minimum atomic E-state index is -0.463. The third-order valence-electron chi connectivity index (χ3n) is 2.64. The highest BCUT2D eigenvalue weighted by Crippen LogP contribution is 2.17. The van der Waals surface area contributed by atoms with Crippen molar-refractivity contribution in [1.82, 2.24) is 9.78 Å². The van der Waals surface area contributed by atoms with Gasteiger partial charge in [-0.1, -0.05) is 12.1 Å². The van der Waals surface area contributed by atoms with Crippen LogP contribution >= 0.6 is 0 Å². The highest BCUT2D eigenvalue weighted by molar-refractivity contribution is 6.07. The molecule has 1 aromatic heterocycles. The predicted octanol–water partition coefficient (Wildman–Crippen LogP) is 1.85. The van der Waals surface area contributed by atoms with Crippen LogP contribution < -0.4 is 5.32 Å². The summed E-state index contributed by atoms with van der Waals surface area (Å²) in [5.74, 6) is -0.788. The van der Waals surface area contributed by atoms with Gasteiger partial charge in [-0.15, -0.1) is 0 Å². The first-order valence-electron chi connectivity index (χ1n) is 6.18. The molecule has 0 radical (unpaired) electrons. The van der Waals surface area contributed by atoms with E-state index >= 15 is 0 Å². The molecule has 0 unspecified atom stereocenters. The topological polar surface area (TPSA) is 73.2 Å². The van der Waals surface area contributed by atoms with Crippen molar-refractivity contribution in [2.75, 3.05) is 11.9 Å². The Morgan fingerprint density at radius 1 is 1.35 bits per heavy atom. The van der Waals surface area contributed by atoms with Crippen molar-refractivity contribution < 1.29 is 14.3 Å². The van der Waals surface area contributed by atoms with Crippen LogP contribution in [0.1, 0.15) is 27.6 Å². The monoisotopic (exact) mass is 273 g/mol. The molecule has 0 saturated heterocycles. The minimum Gasteiger partial charge on any atom is -0.462 e. The molecular formula is C14H15N3O3. The number of carbonyl (C=O) groups excluding carboxylic acids is 2. The van der Waals surface area contributed by atoms with Crippen LogP contribution in [0.5, 0.6) is 0 Å². The quantitative estimate of drug-likeness (QED) is 0.863. The van der Waals surface area contributed by atoms with E-state index in [2.05, 4.69) is 10.4 Å². The van der Waals surface area contributed by atoms with E-state index in [9.17, 15) is 9.59 Å². The molecule has 6 heteroatoms. The Kier molecular flexibility index (Phi) is 4.14. The number of para-hydroxylation sites is 1. The van der Waals surface area contributed by atoms with Crippen LogP contribution in [0.15, 0.2) is 36.7 Å². The lowest BCUT2D eigenvalue weighted by Crippen LogP contribution is -2.15. The van der Waals surface area contributed by atoms with Crippen molar-refractivity contribution in [2.45, 2.75) is 6.92 Å². The molecule has 0 aliphatic heterocycles. The first kappa shape index (κ1) is 13.8. The molecule has 2 rings (SSSR count). The Morgan fingerprint density at radius 2 is 2.10 bits per heavy atom. The van der Waals surface area contributed by atoms with Crippen LogP contribution in [0.25, 0.3) is 0 Å². The van der Waals surface area contributed by atoms with Gasteiger partial charge in [0.15, 0.2) is 0 Å². The zero-order chi connectivity index (χ0) is 14.5. The number of nitrogens with one attached hydrogen (secondary N) is 1. The van der Waals surface area contributed by atoms with Gasteiger partial charge in [-0.3, -0.25) is 9.48 Å². The van der Waals surface area contributed by atoms with Gasteiger partial charge in [-0.05, 0) is 19.1 Å². The van der Waals surface area contributed by atoms with E-state index in [0.29, 0.717) is 16.8 Å². The SMILES string of the molecule is CCOC(=O)c1ccccc1NC(=O)c1cnn(C)c1. The minimum absolute atomic E-state index is 0.281. The normalized spacial score (nSPS) is 10.1. The van der Waals surface area contributed by atoms with Crippen molar-refractivity contribution >= 4 is 17.6 Å². The number of esters is 1. The zero-order valence-electron chi connectivity index (χ0n) is 11.3. The number of benzene rings is 1. The molecule has 0 aliphatic carbocycles. The Bertz CT molecular complexity index is 634. The van der Waals surface area contributed by atoms with E-state index in [4.69, 9.17) is 4.74 Å². The molecule has 104 valence electrons. The highest BCUT2D eigenvalue weighted by atomic mass is 16.5. The van der Waals surface area contributed by atoms with Crippen LogP contribution in [0.4, 0.5) is 5.69 Å². The first-order chi connectivity index (χ1) is 9.61. The van der Waals surface area contributed by atoms with Crippen LogP contribution in [0, 0.1) is 0 Å². The van der Waals surface area contributed by atoms with Crippen LogP contribution in [-0.4, -0.2) is 28.3 Å². The summed E-state index contributed by atoms with van der Waals surface area (Å²) in [7, 11) is 1.73. The predicted molar refractivity (Wildman–Crippen MR) is 73.6 cm³/mol. The van der Waals surface area contributed by atoms with Gasteiger partial charge in [0.1, 0.15) is 0 Å². The van der Waals surface area contributed by atoms with E-state index in [1.807, 2.05) is 0 Å². The average Bonchev–Trinajstić information content (AvgIpc) is 2.86. The summed E-state index contributed by atoms with van der Waals surface area (Å²) in [6.45, 7) is 2.01. The number of rotatable bonds is 4. The molecule has 0 saturated carbocycles. The number of hydrogen-bond acceptors (Lipinski definition) is 4. The second-order valence-electron chi connectivity index (χ2n) is 4.12. The summed E-state index contributed by atoms with van der Waals surface area (Å²) in [5, 5.41) is 6.62. The summed E-state index contributed by atoms with van der Waals surface area (Å²) in [5.41, 5.74) is 1.16. The molecule has 1 aromatic carbocycles. The van der Waals surface area contributed by atoms with Crippen molar-refractivity contribution in [3.63, 3.8) is 0 Å². The number of hydrogen-bond donors (Lipinski definition) is 1. The third kappa shape index (κ3) is 3.03. The van der Waals surface area contributed by atoms with Gasteiger partial charge < -0.3 is 10.1 Å². The summed E-state index contributed by atoms with van der Waals surface area (Å²) >= 11 is 0. The van der Waals surface area contributed by atoms with Gasteiger partial charge in [-0.2, -0.15) is 5.10 Å². The van der Waals surface area contributed by atoms with E-state index < -0.39 is 5.97 Å². The van der Waals surface area contributed by atoms with Crippen LogP contribution in [0.3, 0.4) is 0 Å². The molecule has 0 spiro atoms. The Labute approximate surface area is 116 Å². The Morgan fingerprint density at radius 3 is 2.75 bits per heavy atom. The summed E-state index contributed by atoms with van der Waals surface area (Å²) in [4.78, 5) is 23.8. The summed E-state index contributed by atoms with van der Waals surface area (Å²) in [6, 6.07) is 6.71. The lowest BCUT2D eigenvalue weighted by atomic mass is 10.1. The van der Waals surface area contributed by atoms with Gasteiger partial charge >= 0.3 is 5.97 Å². The van der Waals surface area contributed by atoms with Crippen LogP contribution in [-0.2, 0) is 11.8 Å². The van der Waals surface area contributed by atoms with Gasteiger partial charge in [0, 0.05) is 13.2 Å². The molecule has 1 N–H and O–H groups in total. The van der Waals surface area contributed by atoms with Gasteiger partial charge in [0.2, 0.25) is 0 Å². The molecule has 20 heavy (non-hydrogen) atoms. The third-order valence-corrected chi connectivity index (χ3v) is 2.64. The fourth-order valence-corrected chi connectivity index (χ4v) is 1.71. The molecule has 6 nitrogen and oxygen atoms in total. The number of anilines is 1. The fraction of sp³-hybridized carbons (Fsp3) is 0.214. The number of ether oxygens (including phenoxy) is 1. The molecule has 1 amide bonds.